The number of carbonyl (C=O) groups excluding carboxylic acids is 1. The van der Waals surface area contributed by atoms with Crippen molar-refractivity contribution in [2.45, 2.75) is 44.0 Å². The van der Waals surface area contributed by atoms with Gasteiger partial charge in [0.2, 0.25) is 5.91 Å². The van der Waals surface area contributed by atoms with Crippen LogP contribution in [0.4, 0.5) is 0 Å². The van der Waals surface area contributed by atoms with Gasteiger partial charge in [-0.05, 0) is 30.9 Å². The Kier molecular flexibility index (Phi) is 8.52. The average Bonchev–Trinajstić information content (AvgIpc) is 2.82. The molecule has 1 aliphatic heterocycles. The fraction of sp³-hybridized carbons (Fsp3) is 0.529. The molecule has 1 aliphatic rings. The highest BCUT2D eigenvalue weighted by molar-refractivity contribution is 7.90. The Morgan fingerprint density at radius 3 is 2.65 bits per heavy atom. The highest BCUT2D eigenvalue weighted by Crippen LogP contribution is 2.22. The number of nitrogens with zero attached hydrogens (tertiary/aromatic N) is 1. The molecule has 0 bridgehead atoms. The molecule has 0 fully saturated rings. The minimum atomic E-state index is -3.51. The van der Waals surface area contributed by atoms with Crippen LogP contribution in [0.3, 0.4) is 0 Å². The van der Waals surface area contributed by atoms with Crippen molar-refractivity contribution in [3.05, 3.63) is 29.8 Å². The molecule has 1 atom stereocenters. The summed E-state index contributed by atoms with van der Waals surface area (Å²) in [6.45, 7) is 4.97. The Morgan fingerprint density at radius 2 is 2.00 bits per heavy atom. The van der Waals surface area contributed by atoms with Crippen LogP contribution in [0.25, 0.3) is 0 Å². The number of amidine groups is 1. The van der Waals surface area contributed by atoms with Gasteiger partial charge in [0.25, 0.3) is 10.0 Å². The summed E-state index contributed by atoms with van der Waals surface area (Å²) in [5, 5.41) is 2.93. The van der Waals surface area contributed by atoms with Crippen molar-refractivity contribution in [1.82, 2.24) is 10.0 Å². The monoisotopic (exact) mass is 402 g/mol. The van der Waals surface area contributed by atoms with E-state index in [1.54, 1.807) is 24.3 Å². The van der Waals surface area contributed by atoms with Gasteiger partial charge in [0, 0.05) is 31.1 Å². The summed E-state index contributed by atoms with van der Waals surface area (Å²) in [5.74, 6) is 0.759. The molecule has 26 heavy (non-hydrogen) atoms. The lowest BCUT2D eigenvalue weighted by molar-refractivity contribution is -0.121. The third-order valence-corrected chi connectivity index (χ3v) is 5.30. The van der Waals surface area contributed by atoms with E-state index in [0.29, 0.717) is 43.2 Å². The van der Waals surface area contributed by atoms with Crippen LogP contribution in [0, 0.1) is 5.92 Å². The molecular formula is C17H27ClN4O3S. The number of nitrogens with two attached hydrogens (primary N) is 1. The predicted octanol–water partition coefficient (Wildman–Crippen LogP) is 1.42. The van der Waals surface area contributed by atoms with Crippen molar-refractivity contribution >= 4 is 34.2 Å². The number of halogens is 1. The van der Waals surface area contributed by atoms with Crippen LogP contribution in [0.2, 0.25) is 0 Å². The molecule has 0 saturated carbocycles. The maximum atomic E-state index is 12.0. The van der Waals surface area contributed by atoms with Gasteiger partial charge < -0.3 is 11.1 Å². The first kappa shape index (κ1) is 22.4. The quantitative estimate of drug-likeness (QED) is 0.570. The lowest BCUT2D eigenvalue weighted by atomic mass is 10.0. The zero-order valence-electron chi connectivity index (χ0n) is 15.1. The summed E-state index contributed by atoms with van der Waals surface area (Å²) < 4.78 is 26.4. The van der Waals surface area contributed by atoms with Crippen LogP contribution in [-0.4, -0.2) is 39.3 Å². The Bertz CT molecular complexity index is 750. The van der Waals surface area contributed by atoms with Gasteiger partial charge in [-0.3, -0.25) is 14.5 Å². The lowest BCUT2D eigenvalue weighted by Gasteiger charge is -2.18. The van der Waals surface area contributed by atoms with Gasteiger partial charge in [-0.2, -0.15) is 0 Å². The number of aliphatic imine (C=N–C) groups is 1. The number of amides is 1. The molecule has 1 amide bonds. The smallest absolute Gasteiger partial charge is 0.263 e. The second kappa shape index (κ2) is 9.89. The molecular weight excluding hydrogens is 376 g/mol. The van der Waals surface area contributed by atoms with Gasteiger partial charge >= 0.3 is 0 Å². The minimum Gasteiger partial charge on any atom is -0.352 e. The third-order valence-electron chi connectivity index (χ3n) is 3.90. The zero-order valence-corrected chi connectivity index (χ0v) is 16.7. The molecule has 1 unspecified atom stereocenters. The molecule has 1 aromatic carbocycles. The SMILES string of the molecule is CC(C)CC(CN)NC(=O)CCCN=C1NS(=O)(=O)c2ccccc21.Cl. The van der Waals surface area contributed by atoms with Crippen molar-refractivity contribution in [3.8, 4) is 0 Å². The molecule has 0 spiro atoms. The predicted molar refractivity (Wildman–Crippen MR) is 105 cm³/mol. The number of hydrogen-bond donors (Lipinski definition) is 3. The molecule has 1 heterocycles. The maximum absolute atomic E-state index is 12.0. The molecule has 0 radical (unpaired) electrons. The first-order valence-electron chi connectivity index (χ1n) is 8.49. The second-order valence-electron chi connectivity index (χ2n) is 6.57. The standard InChI is InChI=1S/C17H26N4O3S.ClH/c1-12(2)10-13(11-18)20-16(22)8-5-9-19-17-14-6-3-4-7-15(14)25(23,24)21-17;/h3-4,6-7,12-13H,5,8-11,18H2,1-2H3,(H,19,21)(H,20,22);1H. The number of fused-ring (bicyclic) bond motifs is 1. The second-order valence-corrected chi connectivity index (χ2v) is 8.22. The highest BCUT2D eigenvalue weighted by atomic mass is 35.5. The first-order valence-corrected chi connectivity index (χ1v) is 9.98. The van der Waals surface area contributed by atoms with Crippen LogP contribution in [0.1, 0.15) is 38.7 Å². The molecule has 4 N–H and O–H groups in total. The molecule has 0 aromatic heterocycles. The van der Waals surface area contributed by atoms with E-state index >= 15 is 0 Å². The van der Waals surface area contributed by atoms with Crippen molar-refractivity contribution in [2.75, 3.05) is 13.1 Å². The molecule has 1 aromatic rings. The topological polar surface area (TPSA) is 114 Å². The third kappa shape index (κ3) is 5.96. The van der Waals surface area contributed by atoms with Crippen molar-refractivity contribution in [1.29, 1.82) is 0 Å². The largest absolute Gasteiger partial charge is 0.352 e. The first-order chi connectivity index (χ1) is 11.8. The molecule has 2 rings (SSSR count). The number of nitrogens with one attached hydrogen (secondary N) is 2. The van der Waals surface area contributed by atoms with Crippen LogP contribution < -0.4 is 15.8 Å². The van der Waals surface area contributed by atoms with Gasteiger partial charge in [-0.1, -0.05) is 26.0 Å². The Hall–Kier alpha value is -1.64. The zero-order chi connectivity index (χ0) is 18.4. The van der Waals surface area contributed by atoms with E-state index in [0.717, 1.165) is 6.42 Å². The van der Waals surface area contributed by atoms with E-state index in [4.69, 9.17) is 5.73 Å². The van der Waals surface area contributed by atoms with E-state index in [-0.39, 0.29) is 29.3 Å². The Morgan fingerprint density at radius 1 is 1.31 bits per heavy atom. The summed E-state index contributed by atoms with van der Waals surface area (Å²) in [6.07, 6.45) is 1.72. The van der Waals surface area contributed by atoms with Crippen LogP contribution >= 0.6 is 12.4 Å². The highest BCUT2D eigenvalue weighted by Gasteiger charge is 2.29. The van der Waals surface area contributed by atoms with Gasteiger partial charge in [0.1, 0.15) is 5.84 Å². The van der Waals surface area contributed by atoms with Crippen LogP contribution in [-0.2, 0) is 14.8 Å². The van der Waals surface area contributed by atoms with Crippen molar-refractivity contribution in [2.24, 2.45) is 16.6 Å². The van der Waals surface area contributed by atoms with E-state index in [1.807, 2.05) is 0 Å². The molecule has 0 aliphatic carbocycles. The van der Waals surface area contributed by atoms with Gasteiger partial charge in [-0.25, -0.2) is 8.42 Å². The number of hydrogen-bond acceptors (Lipinski definition) is 5. The summed E-state index contributed by atoms with van der Waals surface area (Å²) in [6, 6.07) is 6.71. The normalized spacial score (nSPS) is 17.3. The van der Waals surface area contributed by atoms with Gasteiger partial charge in [0.15, 0.2) is 0 Å². The molecule has 0 saturated heterocycles. The number of rotatable bonds is 8. The summed E-state index contributed by atoms with van der Waals surface area (Å²) >= 11 is 0. The molecule has 146 valence electrons. The Balaban J connectivity index is 0.00000338. The summed E-state index contributed by atoms with van der Waals surface area (Å²) in [5.41, 5.74) is 6.25. The molecule has 7 nitrogen and oxygen atoms in total. The number of carbonyl (C=O) groups is 1. The fourth-order valence-corrected chi connectivity index (χ4v) is 4.02. The van der Waals surface area contributed by atoms with E-state index in [2.05, 4.69) is 28.9 Å². The van der Waals surface area contributed by atoms with Crippen LogP contribution in [0.15, 0.2) is 34.2 Å². The number of sulfonamides is 1. The van der Waals surface area contributed by atoms with Crippen molar-refractivity contribution < 1.29 is 13.2 Å². The summed E-state index contributed by atoms with van der Waals surface area (Å²) in [7, 11) is -3.51. The van der Waals surface area contributed by atoms with E-state index in [9.17, 15) is 13.2 Å². The van der Waals surface area contributed by atoms with E-state index in [1.165, 1.54) is 0 Å². The van der Waals surface area contributed by atoms with E-state index < -0.39 is 10.0 Å². The maximum Gasteiger partial charge on any atom is 0.263 e. The van der Waals surface area contributed by atoms with Gasteiger partial charge in [-0.15, -0.1) is 12.4 Å². The lowest BCUT2D eigenvalue weighted by Crippen LogP contribution is -2.41. The number of benzene rings is 1. The van der Waals surface area contributed by atoms with Crippen LogP contribution in [0.5, 0.6) is 0 Å². The van der Waals surface area contributed by atoms with Crippen molar-refractivity contribution in [3.63, 3.8) is 0 Å². The molecule has 9 heteroatoms. The van der Waals surface area contributed by atoms with Gasteiger partial charge in [0.05, 0.1) is 4.90 Å². The Labute approximate surface area is 161 Å². The summed E-state index contributed by atoms with van der Waals surface area (Å²) in [4.78, 5) is 16.5. The minimum absolute atomic E-state index is 0. The fourth-order valence-electron chi connectivity index (χ4n) is 2.76. The average molecular weight is 403 g/mol.